The summed E-state index contributed by atoms with van der Waals surface area (Å²) < 4.78 is 1.78. The molecule has 0 saturated carbocycles. The van der Waals surface area contributed by atoms with Gasteiger partial charge >= 0.3 is 0 Å². The average molecular weight is 435 g/mol. The fourth-order valence-electron chi connectivity index (χ4n) is 2.83. The van der Waals surface area contributed by atoms with Gasteiger partial charge in [-0.1, -0.05) is 23.7 Å². The highest BCUT2D eigenvalue weighted by atomic mass is 35.5. The Morgan fingerprint density at radius 3 is 2.40 bits per heavy atom. The molecule has 0 unspecified atom stereocenters. The molecule has 0 aliphatic heterocycles. The zero-order chi connectivity index (χ0) is 20.8. The summed E-state index contributed by atoms with van der Waals surface area (Å²) >= 11 is 7.64. The lowest BCUT2D eigenvalue weighted by Crippen LogP contribution is -2.13. The van der Waals surface area contributed by atoms with E-state index in [1.807, 2.05) is 66.9 Å². The van der Waals surface area contributed by atoms with Crippen LogP contribution in [0.5, 0.6) is 0 Å². The standard InChI is InChI=1S/C23H19ClN4OS/c24-20-5-7-21(8-6-20)30-16-18-1-3-19(4-2-18)23(29)26-22-11-14-28(27-22)15-17-9-12-25-13-10-17/h1-14H,15-16H2,(H,26,27,29). The second-order valence-electron chi connectivity index (χ2n) is 6.65. The summed E-state index contributed by atoms with van der Waals surface area (Å²) in [4.78, 5) is 17.7. The fraction of sp³-hybridized carbons (Fsp3) is 0.0870. The van der Waals surface area contributed by atoms with Crippen LogP contribution in [0.2, 0.25) is 5.02 Å². The maximum Gasteiger partial charge on any atom is 0.256 e. The molecule has 0 fully saturated rings. The van der Waals surface area contributed by atoms with E-state index in [4.69, 9.17) is 11.6 Å². The van der Waals surface area contributed by atoms with E-state index in [1.54, 1.807) is 34.9 Å². The molecule has 2 aromatic heterocycles. The van der Waals surface area contributed by atoms with Crippen molar-refractivity contribution in [3.05, 3.63) is 107 Å². The number of carbonyl (C=O) groups is 1. The van der Waals surface area contributed by atoms with Crippen molar-refractivity contribution in [2.24, 2.45) is 0 Å². The minimum atomic E-state index is -0.180. The second-order valence-corrected chi connectivity index (χ2v) is 8.13. The normalized spacial score (nSPS) is 10.7. The monoisotopic (exact) mass is 434 g/mol. The van der Waals surface area contributed by atoms with E-state index in [0.29, 0.717) is 17.9 Å². The summed E-state index contributed by atoms with van der Waals surface area (Å²) in [6.45, 7) is 0.623. The van der Waals surface area contributed by atoms with Gasteiger partial charge in [-0.25, -0.2) is 0 Å². The van der Waals surface area contributed by atoms with Crippen LogP contribution >= 0.6 is 23.4 Å². The topological polar surface area (TPSA) is 59.8 Å². The number of hydrogen-bond acceptors (Lipinski definition) is 4. The summed E-state index contributed by atoms with van der Waals surface area (Å²) in [5, 5.41) is 7.99. The zero-order valence-electron chi connectivity index (χ0n) is 16.0. The molecule has 5 nitrogen and oxygen atoms in total. The number of aromatic nitrogens is 3. The van der Waals surface area contributed by atoms with Crippen LogP contribution in [0.15, 0.2) is 90.2 Å². The van der Waals surface area contributed by atoms with Gasteiger partial charge in [-0.15, -0.1) is 11.8 Å². The Balaban J connectivity index is 1.32. The number of benzene rings is 2. The molecule has 4 aromatic rings. The summed E-state index contributed by atoms with van der Waals surface area (Å²) in [5.74, 6) is 1.17. The van der Waals surface area contributed by atoms with Crippen molar-refractivity contribution in [1.29, 1.82) is 0 Å². The Bertz CT molecular complexity index is 1110. The maximum atomic E-state index is 12.5. The van der Waals surface area contributed by atoms with Gasteiger partial charge in [0.2, 0.25) is 0 Å². The van der Waals surface area contributed by atoms with Gasteiger partial charge in [-0.3, -0.25) is 14.5 Å². The van der Waals surface area contributed by atoms with E-state index in [0.717, 1.165) is 26.8 Å². The van der Waals surface area contributed by atoms with Crippen molar-refractivity contribution < 1.29 is 4.79 Å². The first-order valence-corrected chi connectivity index (χ1v) is 10.7. The lowest BCUT2D eigenvalue weighted by atomic mass is 10.1. The number of nitrogens with one attached hydrogen (secondary N) is 1. The van der Waals surface area contributed by atoms with Gasteiger partial charge in [0, 0.05) is 45.9 Å². The summed E-state index contributed by atoms with van der Waals surface area (Å²) in [6.07, 6.45) is 5.34. The molecule has 2 heterocycles. The average Bonchev–Trinajstić information content (AvgIpc) is 3.21. The van der Waals surface area contributed by atoms with Crippen LogP contribution < -0.4 is 5.32 Å². The molecule has 0 atom stereocenters. The lowest BCUT2D eigenvalue weighted by Gasteiger charge is -2.05. The number of amides is 1. The first kappa shape index (κ1) is 20.2. The third kappa shape index (κ3) is 5.49. The van der Waals surface area contributed by atoms with Gasteiger partial charge in [-0.05, 0) is 59.7 Å². The summed E-state index contributed by atoms with van der Waals surface area (Å²) in [7, 11) is 0. The maximum absolute atomic E-state index is 12.5. The van der Waals surface area contributed by atoms with Gasteiger partial charge in [0.05, 0.1) is 6.54 Å². The number of pyridine rings is 1. The molecule has 4 rings (SSSR count). The quantitative estimate of drug-likeness (QED) is 0.389. The Labute approximate surface area is 184 Å². The second kappa shape index (κ2) is 9.61. The van der Waals surface area contributed by atoms with Crippen LogP contribution in [0.4, 0.5) is 5.82 Å². The smallest absolute Gasteiger partial charge is 0.256 e. The van der Waals surface area contributed by atoms with Crippen LogP contribution in [0.25, 0.3) is 0 Å². The van der Waals surface area contributed by atoms with E-state index in [2.05, 4.69) is 15.4 Å². The fourth-order valence-corrected chi connectivity index (χ4v) is 3.81. The van der Waals surface area contributed by atoms with Gasteiger partial charge in [-0.2, -0.15) is 5.10 Å². The van der Waals surface area contributed by atoms with E-state index >= 15 is 0 Å². The molecule has 0 spiro atoms. The van der Waals surface area contributed by atoms with E-state index in [1.165, 1.54) is 0 Å². The van der Waals surface area contributed by atoms with Gasteiger partial charge in [0.25, 0.3) is 5.91 Å². The van der Waals surface area contributed by atoms with E-state index in [-0.39, 0.29) is 5.91 Å². The molecule has 1 N–H and O–H groups in total. The number of halogens is 1. The Morgan fingerprint density at radius 1 is 0.933 bits per heavy atom. The van der Waals surface area contributed by atoms with Crippen molar-refractivity contribution in [3.8, 4) is 0 Å². The van der Waals surface area contributed by atoms with Crippen LogP contribution in [-0.4, -0.2) is 20.7 Å². The molecule has 0 bridgehead atoms. The molecule has 0 aliphatic carbocycles. The van der Waals surface area contributed by atoms with Crippen molar-refractivity contribution in [1.82, 2.24) is 14.8 Å². The SMILES string of the molecule is O=C(Nc1ccn(Cc2ccncc2)n1)c1ccc(CSc2ccc(Cl)cc2)cc1. The van der Waals surface area contributed by atoms with Crippen molar-refractivity contribution >= 4 is 35.1 Å². The number of carbonyl (C=O) groups excluding carboxylic acids is 1. The minimum Gasteiger partial charge on any atom is -0.305 e. The number of thioether (sulfide) groups is 1. The van der Waals surface area contributed by atoms with Gasteiger partial charge in [0.15, 0.2) is 5.82 Å². The number of anilines is 1. The highest BCUT2D eigenvalue weighted by Crippen LogP contribution is 2.24. The van der Waals surface area contributed by atoms with Gasteiger partial charge < -0.3 is 5.32 Å². The van der Waals surface area contributed by atoms with Crippen LogP contribution in [0.1, 0.15) is 21.5 Å². The first-order valence-electron chi connectivity index (χ1n) is 9.37. The Hall–Kier alpha value is -3.09. The van der Waals surface area contributed by atoms with E-state index in [9.17, 15) is 4.79 Å². The molecular formula is C23H19ClN4OS. The third-order valence-electron chi connectivity index (χ3n) is 4.41. The molecular weight excluding hydrogens is 416 g/mol. The van der Waals surface area contributed by atoms with E-state index < -0.39 is 0 Å². The van der Waals surface area contributed by atoms with Crippen molar-refractivity contribution in [3.63, 3.8) is 0 Å². The van der Waals surface area contributed by atoms with Crippen LogP contribution in [0.3, 0.4) is 0 Å². The van der Waals surface area contributed by atoms with Crippen LogP contribution in [-0.2, 0) is 12.3 Å². The minimum absolute atomic E-state index is 0.180. The van der Waals surface area contributed by atoms with Crippen LogP contribution in [0, 0.1) is 0 Å². The molecule has 0 aliphatic rings. The molecule has 7 heteroatoms. The predicted octanol–water partition coefficient (Wildman–Crippen LogP) is 5.52. The first-order chi connectivity index (χ1) is 14.7. The molecule has 2 aromatic carbocycles. The summed E-state index contributed by atoms with van der Waals surface area (Å²) in [5.41, 5.74) is 2.84. The third-order valence-corrected chi connectivity index (χ3v) is 5.75. The number of rotatable bonds is 7. The largest absolute Gasteiger partial charge is 0.305 e. The summed E-state index contributed by atoms with van der Waals surface area (Å²) in [6, 6.07) is 21.0. The molecule has 0 saturated heterocycles. The molecule has 0 radical (unpaired) electrons. The number of nitrogens with zero attached hydrogens (tertiary/aromatic N) is 3. The van der Waals surface area contributed by atoms with Gasteiger partial charge in [0.1, 0.15) is 0 Å². The molecule has 1 amide bonds. The molecule has 30 heavy (non-hydrogen) atoms. The zero-order valence-corrected chi connectivity index (χ0v) is 17.6. The van der Waals surface area contributed by atoms with Crippen molar-refractivity contribution in [2.45, 2.75) is 17.2 Å². The highest BCUT2D eigenvalue weighted by molar-refractivity contribution is 7.98. The highest BCUT2D eigenvalue weighted by Gasteiger charge is 2.08. The lowest BCUT2D eigenvalue weighted by molar-refractivity contribution is 0.102. The Morgan fingerprint density at radius 2 is 1.67 bits per heavy atom. The van der Waals surface area contributed by atoms with Crippen molar-refractivity contribution in [2.75, 3.05) is 5.32 Å². The Kier molecular flexibility index (Phi) is 6.47. The molecule has 150 valence electrons. The number of hydrogen-bond donors (Lipinski definition) is 1. The predicted molar refractivity (Wildman–Crippen MR) is 121 cm³/mol.